The number of carbonyl (C=O) groups is 1. The molecule has 0 spiro atoms. The van der Waals surface area contributed by atoms with Gasteiger partial charge in [-0.25, -0.2) is 4.98 Å². The van der Waals surface area contributed by atoms with Crippen LogP contribution < -0.4 is 15.1 Å². The van der Waals surface area contributed by atoms with E-state index in [-0.39, 0.29) is 5.91 Å². The van der Waals surface area contributed by atoms with E-state index < -0.39 is 0 Å². The van der Waals surface area contributed by atoms with E-state index in [1.165, 1.54) is 5.69 Å². The smallest absolute Gasteiger partial charge is 0.255 e. The molecule has 6 heteroatoms. The van der Waals surface area contributed by atoms with Crippen LogP contribution in [0.25, 0.3) is 0 Å². The molecule has 0 unspecified atom stereocenters. The Bertz CT molecular complexity index is 875. The summed E-state index contributed by atoms with van der Waals surface area (Å²) in [6.07, 6.45) is 4.91. The second-order valence-electron chi connectivity index (χ2n) is 6.40. The Labute approximate surface area is 158 Å². The van der Waals surface area contributed by atoms with E-state index in [4.69, 9.17) is 0 Å². The zero-order chi connectivity index (χ0) is 18.5. The van der Waals surface area contributed by atoms with Gasteiger partial charge < -0.3 is 15.1 Å². The number of carbonyl (C=O) groups excluding carboxylic acids is 1. The van der Waals surface area contributed by atoms with Gasteiger partial charge in [0.2, 0.25) is 0 Å². The molecule has 6 nitrogen and oxygen atoms in total. The number of hydrogen-bond acceptors (Lipinski definition) is 5. The van der Waals surface area contributed by atoms with Gasteiger partial charge in [-0.2, -0.15) is 0 Å². The molecule has 1 saturated heterocycles. The number of benzene rings is 1. The van der Waals surface area contributed by atoms with Gasteiger partial charge in [0.25, 0.3) is 5.91 Å². The number of nitrogens with one attached hydrogen (secondary N) is 1. The first-order valence-electron chi connectivity index (χ1n) is 9.02. The SMILES string of the molecule is O=C(Nc1ccc(N2CCN(c3ccccc3)CC2)nc1)c1ccncc1. The molecule has 0 saturated carbocycles. The number of piperazine rings is 1. The third-order valence-electron chi connectivity index (χ3n) is 4.67. The average molecular weight is 359 g/mol. The minimum atomic E-state index is -0.163. The molecule has 0 aliphatic carbocycles. The normalized spacial score (nSPS) is 14.1. The van der Waals surface area contributed by atoms with Crippen molar-refractivity contribution in [3.63, 3.8) is 0 Å². The number of para-hydroxylation sites is 1. The van der Waals surface area contributed by atoms with Gasteiger partial charge in [-0.15, -0.1) is 0 Å². The summed E-state index contributed by atoms with van der Waals surface area (Å²) in [7, 11) is 0. The fraction of sp³-hybridized carbons (Fsp3) is 0.190. The molecule has 0 radical (unpaired) electrons. The predicted octanol–water partition coefficient (Wildman–Crippen LogP) is 3.06. The van der Waals surface area contributed by atoms with Crippen LogP contribution in [-0.2, 0) is 0 Å². The first-order valence-corrected chi connectivity index (χ1v) is 9.02. The van der Waals surface area contributed by atoms with Gasteiger partial charge in [0.05, 0.1) is 11.9 Å². The highest BCUT2D eigenvalue weighted by Crippen LogP contribution is 2.20. The van der Waals surface area contributed by atoms with Crippen molar-refractivity contribution in [3.8, 4) is 0 Å². The van der Waals surface area contributed by atoms with Crippen LogP contribution in [0.2, 0.25) is 0 Å². The lowest BCUT2D eigenvalue weighted by atomic mass is 10.2. The van der Waals surface area contributed by atoms with Crippen molar-refractivity contribution in [2.75, 3.05) is 41.3 Å². The van der Waals surface area contributed by atoms with E-state index >= 15 is 0 Å². The molecule has 2 aromatic heterocycles. The summed E-state index contributed by atoms with van der Waals surface area (Å²) >= 11 is 0. The maximum atomic E-state index is 12.2. The average Bonchev–Trinajstić information content (AvgIpc) is 2.76. The Kier molecular flexibility index (Phi) is 4.96. The van der Waals surface area contributed by atoms with Crippen LogP contribution >= 0.6 is 0 Å². The van der Waals surface area contributed by atoms with E-state index in [0.29, 0.717) is 11.3 Å². The second kappa shape index (κ2) is 7.86. The number of aromatic nitrogens is 2. The summed E-state index contributed by atoms with van der Waals surface area (Å²) in [4.78, 5) is 25.3. The van der Waals surface area contributed by atoms with Crippen molar-refractivity contribution in [1.29, 1.82) is 0 Å². The first-order chi connectivity index (χ1) is 13.3. The molecule has 1 fully saturated rings. The molecule has 1 amide bonds. The van der Waals surface area contributed by atoms with E-state index in [1.807, 2.05) is 18.2 Å². The quantitative estimate of drug-likeness (QED) is 0.776. The third-order valence-corrected chi connectivity index (χ3v) is 4.67. The highest BCUT2D eigenvalue weighted by Gasteiger charge is 2.18. The summed E-state index contributed by atoms with van der Waals surface area (Å²) in [5.41, 5.74) is 2.52. The molecule has 136 valence electrons. The summed E-state index contributed by atoms with van der Waals surface area (Å²) in [6.45, 7) is 3.77. The number of hydrogen-bond donors (Lipinski definition) is 1. The van der Waals surface area contributed by atoms with Crippen LogP contribution in [0.3, 0.4) is 0 Å². The molecule has 1 aromatic carbocycles. The number of amides is 1. The maximum Gasteiger partial charge on any atom is 0.255 e. The first kappa shape index (κ1) is 17.0. The topological polar surface area (TPSA) is 61.4 Å². The summed E-state index contributed by atoms with van der Waals surface area (Å²) in [6, 6.07) is 17.7. The van der Waals surface area contributed by atoms with E-state index in [0.717, 1.165) is 32.0 Å². The lowest BCUT2D eigenvalue weighted by molar-refractivity contribution is 0.102. The molecule has 3 aromatic rings. The van der Waals surface area contributed by atoms with Gasteiger partial charge in [0.1, 0.15) is 5.82 Å². The molecule has 27 heavy (non-hydrogen) atoms. The van der Waals surface area contributed by atoms with Crippen LogP contribution in [0.5, 0.6) is 0 Å². The Hall–Kier alpha value is -3.41. The molecular formula is C21H21N5O. The Morgan fingerprint density at radius 2 is 1.56 bits per heavy atom. The van der Waals surface area contributed by atoms with Gasteiger partial charge >= 0.3 is 0 Å². The van der Waals surface area contributed by atoms with Gasteiger partial charge in [-0.3, -0.25) is 9.78 Å². The zero-order valence-electron chi connectivity index (χ0n) is 15.0. The summed E-state index contributed by atoms with van der Waals surface area (Å²) in [5, 5.41) is 2.86. The van der Waals surface area contributed by atoms with Crippen LogP contribution in [0.4, 0.5) is 17.2 Å². The van der Waals surface area contributed by atoms with Crippen LogP contribution in [0, 0.1) is 0 Å². The van der Waals surface area contributed by atoms with Crippen molar-refractivity contribution in [2.24, 2.45) is 0 Å². The molecule has 0 atom stereocenters. The fourth-order valence-corrected chi connectivity index (χ4v) is 3.19. The largest absolute Gasteiger partial charge is 0.368 e. The lowest BCUT2D eigenvalue weighted by Gasteiger charge is -2.36. The van der Waals surface area contributed by atoms with Crippen LogP contribution in [0.1, 0.15) is 10.4 Å². The van der Waals surface area contributed by atoms with Gasteiger partial charge in [0.15, 0.2) is 0 Å². The fourth-order valence-electron chi connectivity index (χ4n) is 3.19. The zero-order valence-corrected chi connectivity index (χ0v) is 15.0. The van der Waals surface area contributed by atoms with E-state index in [1.54, 1.807) is 30.7 Å². The summed E-state index contributed by atoms with van der Waals surface area (Å²) < 4.78 is 0. The maximum absolute atomic E-state index is 12.2. The van der Waals surface area contributed by atoms with Crippen molar-refractivity contribution in [3.05, 3.63) is 78.8 Å². The number of rotatable bonds is 4. The Balaban J connectivity index is 1.35. The minimum Gasteiger partial charge on any atom is -0.368 e. The van der Waals surface area contributed by atoms with E-state index in [9.17, 15) is 4.79 Å². The van der Waals surface area contributed by atoms with Gasteiger partial charge in [-0.1, -0.05) is 18.2 Å². The van der Waals surface area contributed by atoms with Crippen LogP contribution in [0.15, 0.2) is 73.2 Å². The number of anilines is 3. The molecule has 4 rings (SSSR count). The molecule has 1 aliphatic heterocycles. The van der Waals surface area contributed by atoms with Gasteiger partial charge in [0, 0.05) is 49.8 Å². The summed E-state index contributed by atoms with van der Waals surface area (Å²) in [5.74, 6) is 0.771. The van der Waals surface area contributed by atoms with Crippen molar-refractivity contribution in [1.82, 2.24) is 9.97 Å². The molecular weight excluding hydrogens is 338 g/mol. The second-order valence-corrected chi connectivity index (χ2v) is 6.40. The Morgan fingerprint density at radius 1 is 0.852 bits per heavy atom. The van der Waals surface area contributed by atoms with Crippen molar-refractivity contribution < 1.29 is 4.79 Å². The minimum absolute atomic E-state index is 0.163. The standard InChI is InChI=1S/C21H21N5O/c27-21(17-8-10-22-11-9-17)24-18-6-7-20(23-16-18)26-14-12-25(13-15-26)19-4-2-1-3-5-19/h1-11,16H,12-15H2,(H,24,27). The van der Waals surface area contributed by atoms with Crippen LogP contribution in [-0.4, -0.2) is 42.1 Å². The number of nitrogens with zero attached hydrogens (tertiary/aromatic N) is 4. The van der Waals surface area contributed by atoms with Gasteiger partial charge in [-0.05, 0) is 36.4 Å². The molecule has 0 bridgehead atoms. The predicted molar refractivity (Wildman–Crippen MR) is 107 cm³/mol. The highest BCUT2D eigenvalue weighted by atomic mass is 16.1. The van der Waals surface area contributed by atoms with Crippen molar-refractivity contribution in [2.45, 2.75) is 0 Å². The lowest BCUT2D eigenvalue weighted by Crippen LogP contribution is -2.46. The van der Waals surface area contributed by atoms with Crippen molar-refractivity contribution >= 4 is 23.1 Å². The third kappa shape index (κ3) is 4.06. The van der Waals surface area contributed by atoms with E-state index in [2.05, 4.69) is 49.4 Å². The molecule has 1 N–H and O–H groups in total. The monoisotopic (exact) mass is 359 g/mol. The number of pyridine rings is 2. The highest BCUT2D eigenvalue weighted by molar-refractivity contribution is 6.04. The Morgan fingerprint density at radius 3 is 2.22 bits per heavy atom. The molecule has 1 aliphatic rings. The molecule has 3 heterocycles.